The molecule has 0 amide bonds. The number of hydrogen-bond donors (Lipinski definition) is 2. The van der Waals surface area contributed by atoms with Gasteiger partial charge in [-0.05, 0) is 11.6 Å². The van der Waals surface area contributed by atoms with Gasteiger partial charge in [0.1, 0.15) is 5.69 Å². The number of aryl methyl sites for hydroxylation is 1. The summed E-state index contributed by atoms with van der Waals surface area (Å²) in [6.45, 7) is -0.0449. The summed E-state index contributed by atoms with van der Waals surface area (Å²) in [6, 6.07) is 2.77. The number of aromatic nitrogens is 3. The lowest BCUT2D eigenvalue weighted by Crippen LogP contribution is -2.25. The Morgan fingerprint density at radius 3 is 2.62 bits per heavy atom. The van der Waals surface area contributed by atoms with E-state index in [2.05, 4.69) is 14.8 Å². The Balaban J connectivity index is 2.14. The molecular weight excluding hydrogens is 320 g/mol. The molecule has 0 spiro atoms. The van der Waals surface area contributed by atoms with Gasteiger partial charge in [-0.1, -0.05) is 17.7 Å². The van der Waals surface area contributed by atoms with Gasteiger partial charge < -0.3 is 5.11 Å². The zero-order chi connectivity index (χ0) is 15.6. The molecular formula is C11H11ClN4O4S. The van der Waals surface area contributed by atoms with Crippen LogP contribution in [-0.4, -0.2) is 34.3 Å². The zero-order valence-electron chi connectivity index (χ0n) is 10.8. The number of rotatable bonds is 5. The summed E-state index contributed by atoms with van der Waals surface area (Å²) < 4.78 is 27.7. The molecule has 21 heavy (non-hydrogen) atoms. The Kier molecular flexibility index (Phi) is 4.26. The second-order valence-corrected chi connectivity index (χ2v) is 6.19. The highest BCUT2D eigenvalue weighted by molar-refractivity contribution is 7.89. The molecule has 8 nitrogen and oxygen atoms in total. The van der Waals surface area contributed by atoms with Crippen molar-refractivity contribution < 1.29 is 18.3 Å². The molecule has 112 valence electrons. The van der Waals surface area contributed by atoms with Gasteiger partial charge in [-0.2, -0.15) is 5.10 Å². The van der Waals surface area contributed by atoms with Gasteiger partial charge >= 0.3 is 5.97 Å². The number of pyridine rings is 1. The smallest absolute Gasteiger partial charge is 0.354 e. The summed E-state index contributed by atoms with van der Waals surface area (Å²) in [6.07, 6.45) is 2.52. The molecule has 0 unspecified atom stereocenters. The minimum absolute atomic E-state index is 0.0179. The van der Waals surface area contributed by atoms with Crippen molar-refractivity contribution in [1.29, 1.82) is 0 Å². The topological polar surface area (TPSA) is 114 Å². The van der Waals surface area contributed by atoms with Crippen molar-refractivity contribution in [2.24, 2.45) is 7.05 Å². The Morgan fingerprint density at radius 2 is 2.14 bits per heavy atom. The number of carboxylic acids is 1. The van der Waals surface area contributed by atoms with Crippen LogP contribution in [0.15, 0.2) is 29.6 Å². The Hall–Kier alpha value is -1.97. The third-order valence-electron chi connectivity index (χ3n) is 2.61. The molecule has 0 saturated carbocycles. The van der Waals surface area contributed by atoms with Crippen LogP contribution in [0.1, 0.15) is 16.1 Å². The van der Waals surface area contributed by atoms with Gasteiger partial charge in [-0.25, -0.2) is 22.9 Å². The maximum atomic E-state index is 12.1. The second-order valence-electron chi connectivity index (χ2n) is 4.10. The van der Waals surface area contributed by atoms with Crippen LogP contribution in [-0.2, 0) is 23.6 Å². The van der Waals surface area contributed by atoms with Gasteiger partial charge in [0.25, 0.3) is 10.0 Å². The first kappa shape index (κ1) is 15.4. The summed E-state index contributed by atoms with van der Waals surface area (Å²) in [4.78, 5) is 14.4. The minimum Gasteiger partial charge on any atom is -0.477 e. The van der Waals surface area contributed by atoms with Crippen LogP contribution in [0.3, 0.4) is 0 Å². The average Bonchev–Trinajstić information content (AvgIpc) is 2.77. The highest BCUT2D eigenvalue weighted by atomic mass is 35.5. The van der Waals surface area contributed by atoms with E-state index in [-0.39, 0.29) is 22.3 Å². The van der Waals surface area contributed by atoms with Crippen molar-refractivity contribution in [3.05, 3.63) is 40.8 Å². The standard InChI is InChI=1S/C11H11ClN4O4S/c1-16-10(8(12)6-14-16)21(19,20)15-5-7-2-3-9(11(17)18)13-4-7/h2-4,6,15H,5H2,1H3,(H,17,18). The van der Waals surface area contributed by atoms with E-state index in [4.69, 9.17) is 16.7 Å². The Bertz CT molecular complexity index is 751. The Morgan fingerprint density at radius 1 is 1.43 bits per heavy atom. The van der Waals surface area contributed by atoms with Crippen LogP contribution in [0.5, 0.6) is 0 Å². The van der Waals surface area contributed by atoms with Crippen LogP contribution >= 0.6 is 11.6 Å². The monoisotopic (exact) mass is 330 g/mol. The molecule has 2 rings (SSSR count). The molecule has 2 aromatic rings. The molecule has 2 heterocycles. The molecule has 2 N–H and O–H groups in total. The first-order valence-corrected chi connectivity index (χ1v) is 7.53. The third kappa shape index (κ3) is 3.38. The number of carboxylic acid groups (broad SMARTS) is 1. The van der Waals surface area contributed by atoms with Crippen LogP contribution in [0.4, 0.5) is 0 Å². The first-order valence-electron chi connectivity index (χ1n) is 5.66. The molecule has 0 aliphatic rings. The number of hydrogen-bond acceptors (Lipinski definition) is 5. The van der Waals surface area contributed by atoms with Gasteiger partial charge in [0.15, 0.2) is 5.03 Å². The summed E-state index contributed by atoms with van der Waals surface area (Å²) in [5.41, 5.74) is 0.401. The zero-order valence-corrected chi connectivity index (χ0v) is 12.4. The summed E-state index contributed by atoms with van der Waals surface area (Å²) in [5.74, 6) is -1.15. The molecule has 0 bridgehead atoms. The van der Waals surface area contributed by atoms with E-state index in [0.717, 1.165) is 4.68 Å². The molecule has 0 saturated heterocycles. The van der Waals surface area contributed by atoms with Crippen LogP contribution in [0, 0.1) is 0 Å². The molecule has 2 aromatic heterocycles. The number of halogens is 1. The lowest BCUT2D eigenvalue weighted by molar-refractivity contribution is 0.0690. The fourth-order valence-corrected chi connectivity index (χ4v) is 3.27. The number of nitrogens with one attached hydrogen (secondary N) is 1. The normalized spacial score (nSPS) is 11.5. The van der Waals surface area contributed by atoms with Gasteiger partial charge in [0.05, 0.1) is 11.2 Å². The fraction of sp³-hybridized carbons (Fsp3) is 0.182. The van der Waals surface area contributed by atoms with Crippen LogP contribution < -0.4 is 4.72 Å². The number of sulfonamides is 1. The van der Waals surface area contributed by atoms with Gasteiger partial charge in [0, 0.05) is 19.8 Å². The fourth-order valence-electron chi connectivity index (χ4n) is 1.60. The molecule has 0 atom stereocenters. The second kappa shape index (κ2) is 5.80. The quantitative estimate of drug-likeness (QED) is 0.831. The van der Waals surface area contributed by atoms with Crippen molar-refractivity contribution in [2.75, 3.05) is 0 Å². The predicted octanol–water partition coefficient (Wildman–Crippen LogP) is 0.645. The van der Waals surface area contributed by atoms with E-state index >= 15 is 0 Å². The number of nitrogens with zero attached hydrogens (tertiary/aromatic N) is 3. The first-order chi connectivity index (χ1) is 9.81. The molecule has 0 radical (unpaired) electrons. The minimum atomic E-state index is -3.83. The summed E-state index contributed by atoms with van der Waals surface area (Å²) in [5, 5.41) is 12.4. The van der Waals surface area contributed by atoms with Crippen molar-refractivity contribution >= 4 is 27.6 Å². The van der Waals surface area contributed by atoms with Crippen LogP contribution in [0.2, 0.25) is 5.02 Å². The van der Waals surface area contributed by atoms with Gasteiger partial charge in [-0.15, -0.1) is 0 Å². The summed E-state index contributed by atoms with van der Waals surface area (Å²) >= 11 is 5.79. The SMILES string of the molecule is Cn1ncc(Cl)c1S(=O)(=O)NCc1ccc(C(=O)O)nc1. The average molecular weight is 331 g/mol. The highest BCUT2D eigenvalue weighted by Gasteiger charge is 2.22. The van der Waals surface area contributed by atoms with E-state index in [1.165, 1.54) is 31.6 Å². The maximum Gasteiger partial charge on any atom is 0.354 e. The largest absolute Gasteiger partial charge is 0.477 e. The molecule has 0 aliphatic heterocycles. The summed E-state index contributed by atoms with van der Waals surface area (Å²) in [7, 11) is -2.37. The van der Waals surface area contributed by atoms with Gasteiger partial charge in [-0.3, -0.25) is 4.68 Å². The van der Waals surface area contributed by atoms with Crippen molar-refractivity contribution in [1.82, 2.24) is 19.5 Å². The molecule has 10 heteroatoms. The van der Waals surface area contributed by atoms with Crippen molar-refractivity contribution in [3.8, 4) is 0 Å². The molecule has 0 fully saturated rings. The molecule has 0 aliphatic carbocycles. The van der Waals surface area contributed by atoms with Crippen molar-refractivity contribution in [3.63, 3.8) is 0 Å². The van der Waals surface area contributed by atoms with Crippen molar-refractivity contribution in [2.45, 2.75) is 11.6 Å². The lowest BCUT2D eigenvalue weighted by Gasteiger charge is -2.07. The van der Waals surface area contributed by atoms with E-state index in [1.807, 2.05) is 0 Å². The van der Waals surface area contributed by atoms with E-state index in [1.54, 1.807) is 0 Å². The third-order valence-corrected chi connectivity index (χ3v) is 4.51. The predicted molar refractivity (Wildman–Crippen MR) is 73.4 cm³/mol. The van der Waals surface area contributed by atoms with Crippen LogP contribution in [0.25, 0.3) is 0 Å². The van der Waals surface area contributed by atoms with E-state index in [0.29, 0.717) is 5.56 Å². The highest BCUT2D eigenvalue weighted by Crippen LogP contribution is 2.19. The molecule has 0 aromatic carbocycles. The number of aromatic carboxylic acids is 1. The van der Waals surface area contributed by atoms with E-state index in [9.17, 15) is 13.2 Å². The van der Waals surface area contributed by atoms with Gasteiger partial charge in [0.2, 0.25) is 0 Å². The Labute approximate surface area is 125 Å². The lowest BCUT2D eigenvalue weighted by atomic mass is 10.2. The number of carbonyl (C=O) groups is 1. The van der Waals surface area contributed by atoms with E-state index < -0.39 is 16.0 Å². The maximum absolute atomic E-state index is 12.1.